The quantitative estimate of drug-likeness (QED) is 0.0609. The van der Waals surface area contributed by atoms with Crippen LogP contribution in [0.15, 0.2) is 82.3 Å². The molecule has 0 aliphatic carbocycles. The predicted molar refractivity (Wildman–Crippen MR) is 236 cm³/mol. The van der Waals surface area contributed by atoms with Crippen LogP contribution in [0, 0.1) is 0 Å². The van der Waals surface area contributed by atoms with Crippen LogP contribution in [0.3, 0.4) is 0 Å². The number of amides is 2. The summed E-state index contributed by atoms with van der Waals surface area (Å²) in [4.78, 5) is 42.9. The molecule has 340 valence electrons. The molecule has 18 nitrogen and oxygen atoms in total. The van der Waals surface area contributed by atoms with E-state index in [1.54, 1.807) is 31.4 Å². The number of allylic oxidation sites excluding steroid dienone is 6. The monoisotopic (exact) mass is 1030 g/mol. The number of hydroxylamine groups is 2. The number of hydrogen-bond acceptors (Lipinski definition) is 15. The molecule has 2 aromatic rings. The second-order valence-corrected chi connectivity index (χ2v) is 22.4. The summed E-state index contributed by atoms with van der Waals surface area (Å²) in [6.07, 6.45) is 9.50. The standard InChI is InChI=1S/C40H50IN3O15S3/c1-39(19-9-25-60(48,49)50)31-27-29(62(54,55)56)14-16-33(31)43(22-24-58-4)41-34(39)10-6-5-7-11-35-40(2,20-23-57-3)30-26-28(61(51,52)53)13-15-32(30)42(35)21-8-12-38(47)59-44-36(45)17-18-37(44)46/h5-7,10-11,13-16,26-27H,8-9,12,17-25H2,1-4H3,(H,48,49,50)(H,51,52,53)(H,54,55,56)/p-1/b7-5+,10-6+,35-11+. The molecule has 3 heterocycles. The smallest absolute Gasteiger partial charge is 0.333 e. The fourth-order valence-corrected chi connectivity index (χ4v) is 12.4. The molecule has 3 aliphatic rings. The lowest BCUT2D eigenvalue weighted by Crippen LogP contribution is -2.38. The molecule has 1 saturated heterocycles. The maximum Gasteiger partial charge on any atom is 0.333 e. The molecule has 2 atom stereocenters. The number of hydrogen-bond donors (Lipinski definition) is 2. The number of imide groups is 1. The highest BCUT2D eigenvalue weighted by atomic mass is 127. The molecule has 3 aliphatic heterocycles. The number of benzene rings is 2. The third kappa shape index (κ3) is 11.4. The van der Waals surface area contributed by atoms with Crippen molar-refractivity contribution in [1.29, 1.82) is 0 Å². The van der Waals surface area contributed by atoms with E-state index in [9.17, 15) is 53.3 Å². The van der Waals surface area contributed by atoms with Crippen LogP contribution in [-0.2, 0) is 69.9 Å². The fraction of sp³-hybridized carbons (Fsp3) is 0.450. The third-order valence-electron chi connectivity index (χ3n) is 10.9. The minimum Gasteiger partial charge on any atom is -0.744 e. The maximum atomic E-state index is 12.7. The highest BCUT2D eigenvalue weighted by Gasteiger charge is 2.44. The van der Waals surface area contributed by atoms with Crippen molar-refractivity contribution < 1.29 is 67.6 Å². The van der Waals surface area contributed by atoms with Crippen LogP contribution in [0.1, 0.15) is 69.9 Å². The number of fused-ring (bicyclic) bond motifs is 2. The molecule has 2 unspecified atom stereocenters. The summed E-state index contributed by atoms with van der Waals surface area (Å²) in [5, 5.41) is 0.478. The molecule has 0 saturated carbocycles. The Morgan fingerprint density at radius 1 is 0.823 bits per heavy atom. The topological polar surface area (TPSA) is 255 Å². The van der Waals surface area contributed by atoms with Crippen LogP contribution in [0.25, 0.3) is 0 Å². The van der Waals surface area contributed by atoms with Gasteiger partial charge in [-0.3, -0.25) is 18.7 Å². The van der Waals surface area contributed by atoms with Gasteiger partial charge in [0.2, 0.25) is 0 Å². The summed E-state index contributed by atoms with van der Waals surface area (Å²) in [6.45, 7) is 5.02. The number of ether oxygens (including phenoxy) is 2. The van der Waals surface area contributed by atoms with Crippen LogP contribution in [0.4, 0.5) is 11.4 Å². The first-order chi connectivity index (χ1) is 29.0. The van der Waals surface area contributed by atoms with Gasteiger partial charge in [-0.1, -0.05) is 31.2 Å². The summed E-state index contributed by atoms with van der Waals surface area (Å²) in [7, 11) is -10.7. The van der Waals surface area contributed by atoms with E-state index >= 15 is 0 Å². The Bertz CT molecular complexity index is 2530. The normalized spacial score (nSPS) is 21.5. The zero-order valence-electron chi connectivity index (χ0n) is 34.5. The van der Waals surface area contributed by atoms with E-state index in [0.717, 1.165) is 3.51 Å². The molecule has 0 spiro atoms. The lowest BCUT2D eigenvalue weighted by atomic mass is 9.75. The summed E-state index contributed by atoms with van der Waals surface area (Å²) >= 11 is -0.988. The highest BCUT2D eigenvalue weighted by molar-refractivity contribution is 14.2. The van der Waals surface area contributed by atoms with Crippen LogP contribution in [-0.4, -0.2) is 112 Å². The van der Waals surface area contributed by atoms with Gasteiger partial charge in [0, 0.05) is 99.0 Å². The Hall–Kier alpha value is -3.88. The first-order valence-electron chi connectivity index (χ1n) is 19.4. The SMILES string of the molecule is COCCN1I=C(/C=C/C=C/C=C2/N(CCCC(=O)ON3C(=O)CCC3=O)c3ccc(S(=O)(=O)[O-])cc3C2(C)CCOC)C(C)(CCCS(=O)(=O)O)c2cc(S(=O)(=O)O)ccc21. The van der Waals surface area contributed by atoms with Crippen molar-refractivity contribution in [1.82, 2.24) is 5.06 Å². The summed E-state index contributed by atoms with van der Waals surface area (Å²) in [5.74, 6) is -2.52. The van der Waals surface area contributed by atoms with Gasteiger partial charge in [-0.05, 0) is 86.2 Å². The Kier molecular flexibility index (Phi) is 15.8. The van der Waals surface area contributed by atoms with E-state index in [0.29, 0.717) is 52.8 Å². The Morgan fingerprint density at radius 3 is 2.08 bits per heavy atom. The van der Waals surface area contributed by atoms with Gasteiger partial charge in [0.15, 0.2) is 0 Å². The van der Waals surface area contributed by atoms with Crippen LogP contribution in [0.5, 0.6) is 0 Å². The minimum atomic E-state index is -4.83. The zero-order chi connectivity index (χ0) is 45.7. The molecule has 2 N–H and O–H groups in total. The number of anilines is 2. The summed E-state index contributed by atoms with van der Waals surface area (Å²) in [5.41, 5.74) is 1.25. The van der Waals surface area contributed by atoms with Crippen molar-refractivity contribution in [3.63, 3.8) is 0 Å². The molecule has 2 amide bonds. The molecule has 62 heavy (non-hydrogen) atoms. The number of nitrogens with zero attached hydrogens (tertiary/aromatic N) is 3. The van der Waals surface area contributed by atoms with Gasteiger partial charge in [0.25, 0.3) is 32.1 Å². The lowest BCUT2D eigenvalue weighted by molar-refractivity contribution is -0.197. The molecule has 22 heteroatoms. The van der Waals surface area contributed by atoms with E-state index < -0.39 is 90.6 Å². The van der Waals surface area contributed by atoms with E-state index in [-0.39, 0.29) is 56.6 Å². The van der Waals surface area contributed by atoms with Crippen LogP contribution in [0.2, 0.25) is 0 Å². The van der Waals surface area contributed by atoms with Crippen molar-refractivity contribution in [2.24, 2.45) is 0 Å². The van der Waals surface area contributed by atoms with Crippen molar-refractivity contribution in [3.8, 4) is 0 Å². The summed E-state index contributed by atoms with van der Waals surface area (Å²) in [6, 6.07) is 8.40. The Labute approximate surface area is 371 Å². The van der Waals surface area contributed by atoms with E-state index in [2.05, 4.69) is 3.11 Å². The number of methoxy groups -OCH3 is 2. The second-order valence-electron chi connectivity index (χ2n) is 15.2. The zero-order valence-corrected chi connectivity index (χ0v) is 39.1. The van der Waals surface area contributed by atoms with Gasteiger partial charge in [0.05, 0.1) is 28.7 Å². The molecule has 0 aromatic heterocycles. The molecule has 2 aromatic carbocycles. The van der Waals surface area contributed by atoms with E-state index in [1.807, 2.05) is 30.9 Å². The van der Waals surface area contributed by atoms with E-state index in [1.165, 1.54) is 37.4 Å². The van der Waals surface area contributed by atoms with Crippen molar-refractivity contribution >= 4 is 84.0 Å². The molecule has 1 fully saturated rings. The Balaban J connectivity index is 1.52. The number of carbonyl (C=O) groups excluding carboxylic acids is 3. The van der Waals surface area contributed by atoms with Crippen molar-refractivity contribution in [2.45, 2.75) is 79.4 Å². The van der Waals surface area contributed by atoms with Gasteiger partial charge in [0.1, 0.15) is 10.1 Å². The molecule has 0 bridgehead atoms. The van der Waals surface area contributed by atoms with Gasteiger partial charge >= 0.3 is 5.97 Å². The predicted octanol–water partition coefficient (Wildman–Crippen LogP) is 4.49. The van der Waals surface area contributed by atoms with Crippen molar-refractivity contribution in [3.05, 3.63) is 83.6 Å². The molecule has 5 rings (SSSR count). The lowest BCUT2D eigenvalue weighted by Gasteiger charge is -2.40. The third-order valence-corrected chi connectivity index (χ3v) is 17.0. The minimum absolute atomic E-state index is 0.0456. The first kappa shape index (κ1) is 49.1. The van der Waals surface area contributed by atoms with Crippen LogP contribution < -0.4 is 8.01 Å². The maximum absolute atomic E-state index is 12.7. The van der Waals surface area contributed by atoms with Gasteiger partial charge in [-0.25, -0.2) is 13.2 Å². The Morgan fingerprint density at radius 2 is 1.45 bits per heavy atom. The number of halogens is 1. The largest absolute Gasteiger partial charge is 0.744 e. The first-order valence-corrected chi connectivity index (χ1v) is 25.9. The van der Waals surface area contributed by atoms with E-state index in [4.69, 9.17) is 14.3 Å². The average Bonchev–Trinajstić information content (AvgIpc) is 3.63. The fourth-order valence-electron chi connectivity index (χ4n) is 7.65. The second kappa shape index (κ2) is 19.9. The van der Waals surface area contributed by atoms with Gasteiger partial charge < -0.3 is 26.9 Å². The van der Waals surface area contributed by atoms with Gasteiger partial charge in [-0.2, -0.15) is 16.8 Å². The highest BCUT2D eigenvalue weighted by Crippen LogP contribution is 2.51. The number of rotatable bonds is 20. The molecular weight excluding hydrogens is 986 g/mol. The van der Waals surface area contributed by atoms with Crippen molar-refractivity contribution in [2.75, 3.05) is 54.3 Å². The van der Waals surface area contributed by atoms with Gasteiger partial charge in [-0.15, -0.1) is 5.06 Å². The summed E-state index contributed by atoms with van der Waals surface area (Å²) < 4.78 is 118. The van der Waals surface area contributed by atoms with Crippen LogP contribution >= 0.6 is 21.0 Å². The molecular formula is C40H49IN3O15S3-. The average molecular weight is 1030 g/mol. The molecule has 0 radical (unpaired) electrons. The number of carbonyl (C=O) groups is 3.